The number of aromatic nitrogens is 3. The third kappa shape index (κ3) is 5.76. The Morgan fingerprint density at radius 1 is 1.21 bits per heavy atom. The fourth-order valence-electron chi connectivity index (χ4n) is 4.66. The predicted octanol–water partition coefficient (Wildman–Crippen LogP) is 2.35. The van der Waals surface area contributed by atoms with Crippen molar-refractivity contribution >= 4 is 23.0 Å². The Balaban J connectivity index is 0.00000127. The molecule has 0 aliphatic carbocycles. The van der Waals surface area contributed by atoms with Gasteiger partial charge in [0, 0.05) is 30.8 Å². The molecule has 1 atom stereocenters. The molecule has 0 fully saturated rings. The van der Waals surface area contributed by atoms with Crippen LogP contribution in [-0.4, -0.2) is 64.7 Å². The van der Waals surface area contributed by atoms with Crippen LogP contribution in [0.1, 0.15) is 55.2 Å². The lowest BCUT2D eigenvalue weighted by Crippen LogP contribution is -2.41. The first-order valence-electron chi connectivity index (χ1n) is 12.4. The van der Waals surface area contributed by atoms with Gasteiger partial charge >= 0.3 is 6.15 Å². The molecule has 0 bridgehead atoms. The maximum absolute atomic E-state index is 13.9. The van der Waals surface area contributed by atoms with Crippen LogP contribution in [0.25, 0.3) is 10.9 Å². The Hall–Kier alpha value is -4.02. The molecule has 204 valence electrons. The van der Waals surface area contributed by atoms with Gasteiger partial charge in [-0.15, -0.1) is 0 Å². The maximum atomic E-state index is 13.9. The third-order valence-corrected chi connectivity index (χ3v) is 6.42. The molecule has 1 aliphatic rings. The number of hydrogen-bond acceptors (Lipinski definition) is 8. The zero-order chi connectivity index (χ0) is 27.8. The molecule has 38 heavy (non-hydrogen) atoms. The number of carbonyl (C=O) groups excluding carboxylic acids is 3. The number of rotatable bonds is 10. The van der Waals surface area contributed by atoms with Gasteiger partial charge in [0.2, 0.25) is 0 Å². The molecule has 2 N–H and O–H groups in total. The third-order valence-electron chi connectivity index (χ3n) is 6.42. The van der Waals surface area contributed by atoms with Gasteiger partial charge in [0.15, 0.2) is 11.4 Å². The summed E-state index contributed by atoms with van der Waals surface area (Å²) in [5.41, 5.74) is 6.69. The van der Waals surface area contributed by atoms with E-state index in [1.807, 2.05) is 18.4 Å². The van der Waals surface area contributed by atoms with E-state index in [9.17, 15) is 14.0 Å². The van der Waals surface area contributed by atoms with Crippen molar-refractivity contribution < 1.29 is 28.2 Å². The number of fused-ring (bicyclic) bond motifs is 3. The molecule has 0 saturated heterocycles. The number of likely N-dealkylation sites (N-methyl/N-ethyl adjacent to an activating group) is 1. The monoisotopic (exact) mass is 529 g/mol. The van der Waals surface area contributed by atoms with E-state index in [-0.39, 0.29) is 36.0 Å². The molecule has 12 heteroatoms. The van der Waals surface area contributed by atoms with Crippen LogP contribution in [0.2, 0.25) is 0 Å². The minimum atomic E-state index is -0.420. The van der Waals surface area contributed by atoms with E-state index in [0.29, 0.717) is 54.2 Å². The van der Waals surface area contributed by atoms with Crippen molar-refractivity contribution in [1.29, 1.82) is 0 Å². The standard InChI is InChI=1S/C25H32FN5O4.CO2/c1-4-29-14-16(2)31-19-13-28-30(24(32)21(19)23(34-3)22(31)25(29)33)15-17-8-9-18(26)12-20(17)35-11-7-5-6-10-27;2-1-3/h8-9,12-13,16H,4-7,10-11,14-15,27H2,1-3H3;/t16-;/m0./s1. The molecule has 2 aromatic heterocycles. The molecule has 0 unspecified atom stereocenters. The number of nitrogens with zero attached hydrogens (tertiary/aromatic N) is 4. The van der Waals surface area contributed by atoms with Crippen LogP contribution in [-0.2, 0) is 16.1 Å². The van der Waals surface area contributed by atoms with Crippen molar-refractivity contribution in [2.45, 2.75) is 45.7 Å². The topological polar surface area (TPSA) is 139 Å². The second-order valence-electron chi connectivity index (χ2n) is 8.85. The minimum Gasteiger partial charge on any atom is -0.493 e. The van der Waals surface area contributed by atoms with Crippen LogP contribution in [0, 0.1) is 5.82 Å². The molecule has 4 rings (SSSR count). The summed E-state index contributed by atoms with van der Waals surface area (Å²) in [5.74, 6) is 0.0355. The molecule has 11 nitrogen and oxygen atoms in total. The van der Waals surface area contributed by atoms with Gasteiger partial charge in [0.05, 0.1) is 32.0 Å². The van der Waals surface area contributed by atoms with E-state index < -0.39 is 5.82 Å². The molecule has 3 aromatic rings. The molecule has 1 aromatic carbocycles. The summed E-state index contributed by atoms with van der Waals surface area (Å²) in [7, 11) is 1.46. The lowest BCUT2D eigenvalue weighted by atomic mass is 10.2. The number of benzene rings is 1. The fraction of sp³-hybridized carbons (Fsp3) is 0.462. The minimum absolute atomic E-state index is 0.0394. The maximum Gasteiger partial charge on any atom is 0.373 e. The van der Waals surface area contributed by atoms with Crippen molar-refractivity contribution in [3.8, 4) is 11.5 Å². The molecule has 1 aliphatic heterocycles. The normalized spacial score (nSPS) is 14.5. The van der Waals surface area contributed by atoms with Crippen LogP contribution in [0.3, 0.4) is 0 Å². The summed E-state index contributed by atoms with van der Waals surface area (Å²) in [6.45, 7) is 6.16. The van der Waals surface area contributed by atoms with Gasteiger partial charge in [-0.3, -0.25) is 9.59 Å². The van der Waals surface area contributed by atoms with Gasteiger partial charge in [-0.2, -0.15) is 14.7 Å². The Kier molecular flexibility index (Phi) is 9.75. The van der Waals surface area contributed by atoms with Crippen molar-refractivity contribution in [2.75, 3.05) is 33.4 Å². The van der Waals surface area contributed by atoms with E-state index in [0.717, 1.165) is 19.3 Å². The number of carbonyl (C=O) groups is 1. The summed E-state index contributed by atoms with van der Waals surface area (Å²) in [6, 6.07) is 4.20. The Morgan fingerprint density at radius 2 is 1.95 bits per heavy atom. The SMILES string of the molecule is CCN1C[C@H](C)n2c(c(OC)c3c(=O)n(Cc4ccc(F)cc4OCCCCCN)ncc32)C1=O.O=C=O. The van der Waals surface area contributed by atoms with Gasteiger partial charge in [0.25, 0.3) is 11.5 Å². The highest BCUT2D eigenvalue weighted by molar-refractivity contribution is 6.04. The van der Waals surface area contributed by atoms with E-state index in [4.69, 9.17) is 24.8 Å². The van der Waals surface area contributed by atoms with E-state index in [1.165, 1.54) is 23.9 Å². The summed E-state index contributed by atoms with van der Waals surface area (Å²) in [6.07, 6.45) is 4.46. The lowest BCUT2D eigenvalue weighted by molar-refractivity contribution is -0.191. The number of ether oxygens (including phenoxy) is 2. The molecular formula is C26H32FN5O6. The average Bonchev–Trinajstić information content (AvgIpc) is 3.25. The molecular weight excluding hydrogens is 497 g/mol. The first kappa shape index (κ1) is 28.5. The molecule has 0 radical (unpaired) electrons. The molecule has 0 spiro atoms. The molecule has 0 saturated carbocycles. The lowest BCUT2D eigenvalue weighted by Gasteiger charge is -2.32. The summed E-state index contributed by atoms with van der Waals surface area (Å²) >= 11 is 0. The smallest absolute Gasteiger partial charge is 0.373 e. The number of unbranched alkanes of at least 4 members (excludes halogenated alkanes) is 2. The zero-order valence-corrected chi connectivity index (χ0v) is 21.7. The Labute approximate surface area is 218 Å². The van der Waals surface area contributed by atoms with Crippen LogP contribution in [0.5, 0.6) is 11.5 Å². The number of halogens is 1. The number of hydrogen-bond donors (Lipinski definition) is 1. The average molecular weight is 530 g/mol. The largest absolute Gasteiger partial charge is 0.493 e. The van der Waals surface area contributed by atoms with E-state index in [1.54, 1.807) is 17.2 Å². The zero-order valence-electron chi connectivity index (χ0n) is 21.7. The van der Waals surface area contributed by atoms with Crippen molar-refractivity contribution in [1.82, 2.24) is 19.2 Å². The van der Waals surface area contributed by atoms with E-state index >= 15 is 0 Å². The van der Waals surface area contributed by atoms with Gasteiger partial charge in [-0.25, -0.2) is 9.07 Å². The van der Waals surface area contributed by atoms with Crippen LogP contribution in [0.4, 0.5) is 4.39 Å². The first-order chi connectivity index (χ1) is 18.3. The highest BCUT2D eigenvalue weighted by Gasteiger charge is 2.35. The summed E-state index contributed by atoms with van der Waals surface area (Å²) in [4.78, 5) is 44.7. The Bertz CT molecular complexity index is 1380. The highest BCUT2D eigenvalue weighted by Crippen LogP contribution is 2.37. The second-order valence-corrected chi connectivity index (χ2v) is 8.85. The molecule has 3 heterocycles. The van der Waals surface area contributed by atoms with Gasteiger partial charge in [-0.05, 0) is 45.7 Å². The number of nitrogens with two attached hydrogens (primary N) is 1. The first-order valence-corrected chi connectivity index (χ1v) is 12.4. The predicted molar refractivity (Wildman–Crippen MR) is 136 cm³/mol. The van der Waals surface area contributed by atoms with E-state index in [2.05, 4.69) is 5.10 Å². The van der Waals surface area contributed by atoms with Crippen molar-refractivity contribution in [3.05, 3.63) is 51.8 Å². The highest BCUT2D eigenvalue weighted by atomic mass is 19.1. The van der Waals surface area contributed by atoms with Gasteiger partial charge < -0.3 is 24.7 Å². The number of methoxy groups -OCH3 is 1. The quantitative estimate of drug-likeness (QED) is 0.395. The van der Waals surface area contributed by atoms with Gasteiger partial charge in [-0.1, -0.05) is 6.07 Å². The van der Waals surface area contributed by atoms with Crippen molar-refractivity contribution in [2.24, 2.45) is 5.73 Å². The van der Waals surface area contributed by atoms with Gasteiger partial charge in [0.1, 0.15) is 17.0 Å². The fourth-order valence-corrected chi connectivity index (χ4v) is 4.66. The van der Waals surface area contributed by atoms with Crippen molar-refractivity contribution in [3.63, 3.8) is 0 Å². The summed E-state index contributed by atoms with van der Waals surface area (Å²) < 4.78 is 28.5. The van der Waals surface area contributed by atoms with Crippen LogP contribution >= 0.6 is 0 Å². The Morgan fingerprint density at radius 3 is 2.61 bits per heavy atom. The second kappa shape index (κ2) is 13.0. The number of amides is 1. The van der Waals surface area contributed by atoms with Crippen LogP contribution < -0.4 is 20.8 Å². The summed E-state index contributed by atoms with van der Waals surface area (Å²) in [5, 5.41) is 4.69. The molecule has 1 amide bonds. The van der Waals surface area contributed by atoms with Crippen LogP contribution in [0.15, 0.2) is 29.2 Å².